The minimum atomic E-state index is -0.128. The van der Waals surface area contributed by atoms with Crippen molar-refractivity contribution in [3.8, 4) is 6.01 Å². The number of carbonyl (C=O) groups excluding carboxylic acids is 1. The summed E-state index contributed by atoms with van der Waals surface area (Å²) in [4.78, 5) is 27.4. The lowest BCUT2D eigenvalue weighted by Crippen LogP contribution is -2.28. The van der Waals surface area contributed by atoms with Crippen LogP contribution in [-0.4, -0.2) is 73.0 Å². The molecule has 1 aliphatic rings. The Balaban J connectivity index is 1.59. The molecule has 170 valence electrons. The number of imidazole rings is 1. The molecular formula is C21H28N8O3. The van der Waals surface area contributed by atoms with Crippen LogP contribution in [0, 0.1) is 5.92 Å². The first-order chi connectivity index (χ1) is 15.4. The molecule has 0 radical (unpaired) electrons. The van der Waals surface area contributed by atoms with Crippen LogP contribution < -0.4 is 10.1 Å². The molecule has 0 aliphatic carbocycles. The first-order valence-electron chi connectivity index (χ1n) is 10.5. The number of methoxy groups -OCH3 is 1. The molecule has 0 spiro atoms. The summed E-state index contributed by atoms with van der Waals surface area (Å²) in [5.41, 5.74) is 2.11. The van der Waals surface area contributed by atoms with E-state index in [0.29, 0.717) is 36.7 Å². The first kappa shape index (κ1) is 21.8. The smallest absolute Gasteiger partial charge is 0.320 e. The van der Waals surface area contributed by atoms with Crippen molar-refractivity contribution in [2.45, 2.75) is 26.0 Å². The monoisotopic (exact) mass is 440 g/mol. The maximum atomic E-state index is 12.0. The summed E-state index contributed by atoms with van der Waals surface area (Å²) < 4.78 is 15.2. The zero-order valence-corrected chi connectivity index (χ0v) is 18.7. The van der Waals surface area contributed by atoms with Gasteiger partial charge in [0.2, 0.25) is 5.91 Å². The fourth-order valence-corrected chi connectivity index (χ4v) is 3.81. The Morgan fingerprint density at radius 1 is 1.38 bits per heavy atom. The second-order valence-corrected chi connectivity index (χ2v) is 8.09. The standard InChI is InChI=1S/C21H28N8O3/c1-6-17(30)28-8-14(16(10-28)31-5)11-32-21-25-19(24-15-7-23-27(4)9-15)18-20(26-21)29(12-22-18)13(2)3/h6-7,9,12-14,16H,1,8,10-11H2,2-5H3,(H,24,25,26). The van der Waals surface area contributed by atoms with Crippen LogP contribution in [-0.2, 0) is 16.6 Å². The number of nitrogens with zero attached hydrogens (tertiary/aromatic N) is 7. The highest BCUT2D eigenvalue weighted by Gasteiger charge is 2.35. The van der Waals surface area contributed by atoms with Crippen LogP contribution in [0.1, 0.15) is 19.9 Å². The fraction of sp³-hybridized carbons (Fsp3) is 0.476. The van der Waals surface area contributed by atoms with Gasteiger partial charge in [-0.25, -0.2) is 4.98 Å². The molecule has 4 heterocycles. The first-order valence-corrected chi connectivity index (χ1v) is 10.5. The molecule has 0 saturated carbocycles. The fourth-order valence-electron chi connectivity index (χ4n) is 3.81. The van der Waals surface area contributed by atoms with Crippen LogP contribution in [0.2, 0.25) is 0 Å². The van der Waals surface area contributed by atoms with Crippen LogP contribution in [0.3, 0.4) is 0 Å². The van der Waals surface area contributed by atoms with E-state index in [1.807, 2.05) is 17.8 Å². The molecule has 1 N–H and O–H groups in total. The molecule has 32 heavy (non-hydrogen) atoms. The van der Waals surface area contributed by atoms with E-state index in [-0.39, 0.29) is 30.0 Å². The molecule has 4 rings (SSSR count). The number of hydrogen-bond donors (Lipinski definition) is 1. The van der Waals surface area contributed by atoms with Gasteiger partial charge in [-0.3, -0.25) is 9.48 Å². The van der Waals surface area contributed by atoms with E-state index in [9.17, 15) is 4.79 Å². The second kappa shape index (κ2) is 8.95. The summed E-state index contributed by atoms with van der Waals surface area (Å²) in [7, 11) is 3.48. The van der Waals surface area contributed by atoms with E-state index >= 15 is 0 Å². The Morgan fingerprint density at radius 2 is 2.19 bits per heavy atom. The topological polar surface area (TPSA) is 112 Å². The lowest BCUT2D eigenvalue weighted by atomic mass is 10.1. The van der Waals surface area contributed by atoms with Gasteiger partial charge >= 0.3 is 6.01 Å². The van der Waals surface area contributed by atoms with Gasteiger partial charge in [-0.15, -0.1) is 0 Å². The van der Waals surface area contributed by atoms with Crippen molar-refractivity contribution < 1.29 is 14.3 Å². The summed E-state index contributed by atoms with van der Waals surface area (Å²) in [6.45, 7) is 9.02. The molecule has 11 heteroatoms. The Bertz CT molecular complexity index is 1120. The number of nitrogens with one attached hydrogen (secondary N) is 1. The lowest BCUT2D eigenvalue weighted by molar-refractivity contribution is -0.125. The van der Waals surface area contributed by atoms with Gasteiger partial charge in [0.25, 0.3) is 0 Å². The molecule has 0 bridgehead atoms. The number of aromatic nitrogens is 6. The molecule has 1 amide bonds. The van der Waals surface area contributed by atoms with Gasteiger partial charge in [-0.2, -0.15) is 15.1 Å². The number of rotatable bonds is 8. The Hall–Kier alpha value is -3.47. The zero-order chi connectivity index (χ0) is 22.8. The third-order valence-corrected chi connectivity index (χ3v) is 5.52. The van der Waals surface area contributed by atoms with Gasteiger partial charge in [0.1, 0.15) is 0 Å². The van der Waals surface area contributed by atoms with Crippen molar-refractivity contribution in [1.82, 2.24) is 34.2 Å². The molecule has 3 aromatic rings. The van der Waals surface area contributed by atoms with Crippen LogP contribution in [0.15, 0.2) is 31.4 Å². The summed E-state index contributed by atoms with van der Waals surface area (Å²) in [6, 6.07) is 0.398. The maximum absolute atomic E-state index is 12.0. The molecule has 0 aromatic carbocycles. The minimum absolute atomic E-state index is 0.00654. The molecule has 1 aliphatic heterocycles. The van der Waals surface area contributed by atoms with E-state index in [4.69, 9.17) is 9.47 Å². The predicted molar refractivity (Wildman–Crippen MR) is 119 cm³/mol. The van der Waals surface area contributed by atoms with Gasteiger partial charge in [0.15, 0.2) is 17.0 Å². The van der Waals surface area contributed by atoms with Crippen LogP contribution in [0.4, 0.5) is 11.5 Å². The highest BCUT2D eigenvalue weighted by Crippen LogP contribution is 2.27. The van der Waals surface area contributed by atoms with Gasteiger partial charge in [0.05, 0.1) is 30.9 Å². The summed E-state index contributed by atoms with van der Waals surface area (Å²) in [5.74, 6) is 0.416. The van der Waals surface area contributed by atoms with Gasteiger partial charge < -0.3 is 24.3 Å². The number of aryl methyl sites for hydroxylation is 1. The molecule has 1 fully saturated rings. The number of likely N-dealkylation sites (tertiary alicyclic amines) is 1. The predicted octanol–water partition coefficient (Wildman–Crippen LogP) is 1.92. The summed E-state index contributed by atoms with van der Waals surface area (Å²) in [6.07, 6.45) is 6.49. The third-order valence-electron chi connectivity index (χ3n) is 5.52. The van der Waals surface area contributed by atoms with Crippen molar-refractivity contribution in [2.75, 3.05) is 32.1 Å². The number of carbonyl (C=O) groups is 1. The highest BCUT2D eigenvalue weighted by atomic mass is 16.5. The molecule has 1 saturated heterocycles. The quantitative estimate of drug-likeness (QED) is 0.529. The number of ether oxygens (including phenoxy) is 2. The summed E-state index contributed by atoms with van der Waals surface area (Å²) >= 11 is 0. The molecule has 3 aromatic heterocycles. The highest BCUT2D eigenvalue weighted by molar-refractivity contribution is 5.87. The molecule has 11 nitrogen and oxygen atoms in total. The number of amides is 1. The lowest BCUT2D eigenvalue weighted by Gasteiger charge is -2.17. The maximum Gasteiger partial charge on any atom is 0.320 e. The largest absolute Gasteiger partial charge is 0.463 e. The SMILES string of the molecule is C=CC(=O)N1CC(COc2nc(Nc3cnn(C)c3)c3ncn(C(C)C)c3n2)C(OC)C1. The van der Waals surface area contributed by atoms with Crippen molar-refractivity contribution in [3.63, 3.8) is 0 Å². The van der Waals surface area contributed by atoms with E-state index in [2.05, 4.69) is 45.8 Å². The minimum Gasteiger partial charge on any atom is -0.463 e. The van der Waals surface area contributed by atoms with Gasteiger partial charge in [0, 0.05) is 45.4 Å². The van der Waals surface area contributed by atoms with Gasteiger partial charge in [-0.1, -0.05) is 6.58 Å². The molecule has 2 unspecified atom stereocenters. The van der Waals surface area contributed by atoms with Crippen molar-refractivity contribution in [2.24, 2.45) is 13.0 Å². The number of hydrogen-bond acceptors (Lipinski definition) is 8. The average Bonchev–Trinajstić information content (AvgIpc) is 3.49. The normalized spacial score (nSPS) is 18.5. The number of fused-ring (bicyclic) bond motifs is 1. The molecule has 2 atom stereocenters. The zero-order valence-electron chi connectivity index (χ0n) is 18.7. The van der Waals surface area contributed by atoms with E-state index in [1.54, 1.807) is 29.2 Å². The Labute approximate surface area is 186 Å². The summed E-state index contributed by atoms with van der Waals surface area (Å²) in [5, 5.41) is 7.44. The second-order valence-electron chi connectivity index (χ2n) is 8.09. The Kier molecular flexibility index (Phi) is 6.08. The van der Waals surface area contributed by atoms with Gasteiger partial charge in [-0.05, 0) is 19.9 Å². The average molecular weight is 441 g/mol. The van der Waals surface area contributed by atoms with E-state index in [1.165, 1.54) is 6.08 Å². The van der Waals surface area contributed by atoms with Crippen molar-refractivity contribution in [1.29, 1.82) is 0 Å². The van der Waals surface area contributed by atoms with E-state index in [0.717, 1.165) is 5.69 Å². The van der Waals surface area contributed by atoms with Crippen LogP contribution in [0.25, 0.3) is 11.2 Å². The molecular weight excluding hydrogens is 412 g/mol. The Morgan fingerprint density at radius 3 is 2.84 bits per heavy atom. The third kappa shape index (κ3) is 4.28. The van der Waals surface area contributed by atoms with Crippen LogP contribution >= 0.6 is 0 Å². The van der Waals surface area contributed by atoms with Crippen molar-refractivity contribution in [3.05, 3.63) is 31.4 Å². The van der Waals surface area contributed by atoms with Crippen molar-refractivity contribution >= 4 is 28.6 Å². The number of anilines is 2. The van der Waals surface area contributed by atoms with E-state index < -0.39 is 0 Å². The van der Waals surface area contributed by atoms with Crippen LogP contribution in [0.5, 0.6) is 6.01 Å².